The molecule has 0 fully saturated rings. The lowest BCUT2D eigenvalue weighted by Crippen LogP contribution is -1.92. The van der Waals surface area contributed by atoms with E-state index in [4.69, 9.17) is 11.6 Å². The highest BCUT2D eigenvalue weighted by Crippen LogP contribution is 2.22. The summed E-state index contributed by atoms with van der Waals surface area (Å²) in [7, 11) is 1.76. The van der Waals surface area contributed by atoms with E-state index in [0.29, 0.717) is 11.3 Å². The van der Waals surface area contributed by atoms with Crippen molar-refractivity contribution >= 4 is 28.3 Å². The first-order chi connectivity index (χ1) is 6.70. The summed E-state index contributed by atoms with van der Waals surface area (Å²) in [6.07, 6.45) is 0. The summed E-state index contributed by atoms with van der Waals surface area (Å²) in [6.45, 7) is 0. The van der Waals surface area contributed by atoms with Gasteiger partial charge in [-0.1, -0.05) is 11.6 Å². The second-order valence-electron chi connectivity index (χ2n) is 2.91. The molecule has 0 aliphatic heterocycles. The van der Waals surface area contributed by atoms with Crippen molar-refractivity contribution < 1.29 is 4.39 Å². The van der Waals surface area contributed by atoms with Gasteiger partial charge >= 0.3 is 0 Å². The van der Waals surface area contributed by atoms with E-state index >= 15 is 0 Å². The van der Waals surface area contributed by atoms with Crippen molar-refractivity contribution in [2.24, 2.45) is 0 Å². The van der Waals surface area contributed by atoms with Gasteiger partial charge < -0.3 is 5.32 Å². The Balaban J connectivity index is 2.70. The van der Waals surface area contributed by atoms with E-state index in [0.717, 1.165) is 5.39 Å². The Morgan fingerprint density at radius 2 is 2.14 bits per heavy atom. The fourth-order valence-electron chi connectivity index (χ4n) is 1.26. The molecule has 1 aromatic heterocycles. The minimum atomic E-state index is -0.445. The van der Waals surface area contributed by atoms with Crippen LogP contribution in [0, 0.1) is 5.82 Å². The normalized spacial score (nSPS) is 10.5. The SMILES string of the molecule is CNc1ccc2cc(Cl)c(F)cc2n1. The summed E-state index contributed by atoms with van der Waals surface area (Å²) in [5, 5.41) is 3.84. The number of pyridine rings is 1. The lowest BCUT2D eigenvalue weighted by atomic mass is 10.2. The molecule has 0 aliphatic carbocycles. The van der Waals surface area contributed by atoms with Crippen LogP contribution in [0.2, 0.25) is 5.02 Å². The predicted octanol–water partition coefficient (Wildman–Crippen LogP) is 3.07. The van der Waals surface area contributed by atoms with Crippen LogP contribution in [0.15, 0.2) is 24.3 Å². The monoisotopic (exact) mass is 210 g/mol. The molecule has 72 valence electrons. The maximum absolute atomic E-state index is 13.1. The van der Waals surface area contributed by atoms with Crippen LogP contribution >= 0.6 is 11.6 Å². The molecule has 0 unspecified atom stereocenters. The van der Waals surface area contributed by atoms with Crippen LogP contribution in [-0.4, -0.2) is 12.0 Å². The zero-order chi connectivity index (χ0) is 10.1. The van der Waals surface area contributed by atoms with E-state index < -0.39 is 5.82 Å². The maximum atomic E-state index is 13.1. The largest absolute Gasteiger partial charge is 0.373 e. The lowest BCUT2D eigenvalue weighted by Gasteiger charge is -2.02. The molecule has 0 aliphatic rings. The summed E-state index contributed by atoms with van der Waals surface area (Å²) in [4.78, 5) is 4.19. The van der Waals surface area contributed by atoms with Gasteiger partial charge in [0.15, 0.2) is 0 Å². The second-order valence-corrected chi connectivity index (χ2v) is 3.31. The smallest absolute Gasteiger partial charge is 0.143 e. The number of nitrogens with one attached hydrogen (secondary N) is 1. The fraction of sp³-hybridized carbons (Fsp3) is 0.100. The van der Waals surface area contributed by atoms with E-state index in [9.17, 15) is 4.39 Å². The van der Waals surface area contributed by atoms with Crippen molar-refractivity contribution in [2.45, 2.75) is 0 Å². The number of nitrogens with zero attached hydrogens (tertiary/aromatic N) is 1. The third-order valence-corrected chi connectivity index (χ3v) is 2.28. The molecule has 1 aromatic carbocycles. The van der Waals surface area contributed by atoms with Crippen LogP contribution in [0.4, 0.5) is 10.2 Å². The molecule has 2 nitrogen and oxygen atoms in total. The van der Waals surface area contributed by atoms with E-state index in [2.05, 4.69) is 10.3 Å². The molecule has 0 bridgehead atoms. The topological polar surface area (TPSA) is 24.9 Å². The standard InChI is InChI=1S/C10H8ClFN2/c1-13-10-3-2-6-4-7(11)8(12)5-9(6)14-10/h2-5H,1H3,(H,13,14). The molecule has 4 heteroatoms. The summed E-state index contributed by atoms with van der Waals surface area (Å²) < 4.78 is 13.1. The molecule has 1 heterocycles. The summed E-state index contributed by atoms with van der Waals surface area (Å²) in [6, 6.07) is 6.56. The third-order valence-electron chi connectivity index (χ3n) is 1.99. The highest BCUT2D eigenvalue weighted by atomic mass is 35.5. The first kappa shape index (κ1) is 9.21. The number of anilines is 1. The van der Waals surface area contributed by atoms with Crippen LogP contribution < -0.4 is 5.32 Å². The van der Waals surface area contributed by atoms with Crippen molar-refractivity contribution in [1.82, 2.24) is 4.98 Å². The van der Waals surface area contributed by atoms with Gasteiger partial charge in [-0.25, -0.2) is 9.37 Å². The molecule has 1 N–H and O–H groups in total. The quantitative estimate of drug-likeness (QED) is 0.783. The van der Waals surface area contributed by atoms with Crippen molar-refractivity contribution in [1.29, 1.82) is 0 Å². The average molecular weight is 211 g/mol. The molecule has 0 saturated heterocycles. The van der Waals surface area contributed by atoms with Crippen LogP contribution in [0.1, 0.15) is 0 Å². The van der Waals surface area contributed by atoms with E-state index in [-0.39, 0.29) is 5.02 Å². The van der Waals surface area contributed by atoms with Crippen LogP contribution in [0.5, 0.6) is 0 Å². The van der Waals surface area contributed by atoms with Gasteiger partial charge in [0, 0.05) is 18.5 Å². The Hall–Kier alpha value is -1.35. The molecule has 0 saturated carbocycles. The first-order valence-electron chi connectivity index (χ1n) is 4.14. The highest BCUT2D eigenvalue weighted by molar-refractivity contribution is 6.31. The Morgan fingerprint density at radius 3 is 2.86 bits per heavy atom. The molecule has 0 amide bonds. The molecule has 14 heavy (non-hydrogen) atoms. The molecule has 2 aromatic rings. The number of fused-ring (bicyclic) bond motifs is 1. The molecule has 2 rings (SSSR count). The molecule has 0 atom stereocenters. The van der Waals surface area contributed by atoms with Crippen molar-refractivity contribution in [3.8, 4) is 0 Å². The predicted molar refractivity (Wildman–Crippen MR) is 56.3 cm³/mol. The number of aromatic nitrogens is 1. The van der Waals surface area contributed by atoms with Crippen LogP contribution in [0.3, 0.4) is 0 Å². The molecule has 0 spiro atoms. The lowest BCUT2D eigenvalue weighted by molar-refractivity contribution is 0.630. The number of hydrogen-bond donors (Lipinski definition) is 1. The van der Waals surface area contributed by atoms with Gasteiger partial charge in [0.05, 0.1) is 10.5 Å². The zero-order valence-electron chi connectivity index (χ0n) is 7.51. The Bertz CT molecular complexity index is 485. The van der Waals surface area contributed by atoms with Crippen molar-refractivity contribution in [2.75, 3.05) is 12.4 Å². The summed E-state index contributed by atoms with van der Waals surface area (Å²) >= 11 is 5.64. The number of hydrogen-bond acceptors (Lipinski definition) is 2. The summed E-state index contributed by atoms with van der Waals surface area (Å²) in [5.74, 6) is 0.263. The van der Waals surface area contributed by atoms with E-state index in [1.807, 2.05) is 12.1 Å². The summed E-state index contributed by atoms with van der Waals surface area (Å²) in [5.41, 5.74) is 0.596. The fourth-order valence-corrected chi connectivity index (χ4v) is 1.43. The minimum Gasteiger partial charge on any atom is -0.373 e. The second kappa shape index (κ2) is 3.42. The van der Waals surface area contributed by atoms with Gasteiger partial charge in [0.25, 0.3) is 0 Å². The molecular formula is C10H8ClFN2. The molecule has 0 radical (unpaired) electrons. The van der Waals surface area contributed by atoms with Crippen LogP contribution in [-0.2, 0) is 0 Å². The number of benzene rings is 1. The Labute approximate surface area is 85.7 Å². The van der Waals surface area contributed by atoms with Gasteiger partial charge in [0.2, 0.25) is 0 Å². The Kier molecular flexibility index (Phi) is 2.25. The van der Waals surface area contributed by atoms with Gasteiger partial charge in [-0.15, -0.1) is 0 Å². The van der Waals surface area contributed by atoms with Gasteiger partial charge in [-0.05, 0) is 18.2 Å². The van der Waals surface area contributed by atoms with Crippen LogP contribution in [0.25, 0.3) is 10.9 Å². The van der Waals surface area contributed by atoms with Crippen molar-refractivity contribution in [3.05, 3.63) is 35.1 Å². The van der Waals surface area contributed by atoms with Gasteiger partial charge in [0.1, 0.15) is 11.6 Å². The zero-order valence-corrected chi connectivity index (χ0v) is 8.27. The van der Waals surface area contributed by atoms with Crippen molar-refractivity contribution in [3.63, 3.8) is 0 Å². The van der Waals surface area contributed by atoms with Gasteiger partial charge in [-0.2, -0.15) is 0 Å². The average Bonchev–Trinajstić information content (AvgIpc) is 2.19. The maximum Gasteiger partial charge on any atom is 0.143 e. The highest BCUT2D eigenvalue weighted by Gasteiger charge is 2.03. The van der Waals surface area contributed by atoms with E-state index in [1.54, 1.807) is 13.1 Å². The Morgan fingerprint density at radius 1 is 1.36 bits per heavy atom. The van der Waals surface area contributed by atoms with E-state index in [1.165, 1.54) is 6.07 Å². The minimum absolute atomic E-state index is 0.122. The first-order valence-corrected chi connectivity index (χ1v) is 4.52. The third kappa shape index (κ3) is 1.51. The number of rotatable bonds is 1. The number of halogens is 2. The molecular weight excluding hydrogens is 203 g/mol. The van der Waals surface area contributed by atoms with Gasteiger partial charge in [-0.3, -0.25) is 0 Å².